The van der Waals surface area contributed by atoms with Crippen LogP contribution in [0, 0.1) is 0 Å². The molecule has 0 radical (unpaired) electrons. The zero-order valence-electron chi connectivity index (χ0n) is 14.4. The van der Waals surface area contributed by atoms with Gasteiger partial charge in [0.15, 0.2) is 0 Å². The molecule has 2 N–H and O–H groups in total. The van der Waals surface area contributed by atoms with Crippen molar-refractivity contribution in [2.24, 2.45) is 0 Å². The van der Waals surface area contributed by atoms with Gasteiger partial charge in [0.1, 0.15) is 0 Å². The summed E-state index contributed by atoms with van der Waals surface area (Å²) in [5.41, 5.74) is 2.12. The Morgan fingerprint density at radius 1 is 1.23 bits per heavy atom. The van der Waals surface area contributed by atoms with Crippen molar-refractivity contribution in [3.8, 4) is 0 Å². The molecule has 1 saturated heterocycles. The molecule has 3 rings (SSSR count). The van der Waals surface area contributed by atoms with Gasteiger partial charge in [0, 0.05) is 31.9 Å². The average Bonchev–Trinajstić information content (AvgIpc) is 3.25. The molecule has 136 valence electrons. The van der Waals surface area contributed by atoms with E-state index in [9.17, 15) is 14.4 Å². The molecule has 1 aliphatic heterocycles. The molecule has 1 fully saturated rings. The van der Waals surface area contributed by atoms with Crippen LogP contribution in [0.25, 0.3) is 0 Å². The third kappa shape index (κ3) is 4.69. The number of benzene rings is 1. The summed E-state index contributed by atoms with van der Waals surface area (Å²) in [5.74, 6) is -0.348. The van der Waals surface area contributed by atoms with Crippen LogP contribution in [0.2, 0.25) is 0 Å². The molecule has 8 nitrogen and oxygen atoms in total. The van der Waals surface area contributed by atoms with Crippen molar-refractivity contribution in [1.82, 2.24) is 25.3 Å². The van der Waals surface area contributed by atoms with Gasteiger partial charge in [0.25, 0.3) is 0 Å². The summed E-state index contributed by atoms with van der Waals surface area (Å²) in [6.45, 7) is 1.42. The molecule has 2 heterocycles. The minimum absolute atomic E-state index is 0.0416. The van der Waals surface area contributed by atoms with E-state index >= 15 is 0 Å². The van der Waals surface area contributed by atoms with E-state index in [4.69, 9.17) is 0 Å². The van der Waals surface area contributed by atoms with Crippen molar-refractivity contribution >= 4 is 17.8 Å². The Balaban J connectivity index is 1.41. The molecule has 1 aromatic carbocycles. The van der Waals surface area contributed by atoms with E-state index in [0.717, 1.165) is 16.0 Å². The third-order valence-corrected chi connectivity index (χ3v) is 4.11. The summed E-state index contributed by atoms with van der Waals surface area (Å²) < 4.78 is 1.84. The highest BCUT2D eigenvalue weighted by molar-refractivity contribution is 6.01. The van der Waals surface area contributed by atoms with Gasteiger partial charge in [-0.2, -0.15) is 5.10 Å². The molecule has 0 aliphatic carbocycles. The number of hydrogen-bond donors (Lipinski definition) is 2. The second kappa shape index (κ2) is 8.28. The normalized spacial score (nSPS) is 13.8. The van der Waals surface area contributed by atoms with Crippen molar-refractivity contribution in [2.75, 3.05) is 13.1 Å². The van der Waals surface area contributed by atoms with Crippen LogP contribution in [-0.4, -0.2) is 45.6 Å². The Kier molecular flexibility index (Phi) is 5.62. The molecule has 2 aromatic rings. The maximum atomic E-state index is 12.0. The lowest BCUT2D eigenvalue weighted by Gasteiger charge is -2.12. The average molecular weight is 355 g/mol. The zero-order chi connectivity index (χ0) is 18.4. The zero-order valence-corrected chi connectivity index (χ0v) is 14.4. The van der Waals surface area contributed by atoms with Crippen molar-refractivity contribution in [2.45, 2.75) is 25.9 Å². The van der Waals surface area contributed by atoms with Crippen LogP contribution in [0.1, 0.15) is 24.0 Å². The number of carbonyl (C=O) groups is 3. The van der Waals surface area contributed by atoms with Gasteiger partial charge in [0.2, 0.25) is 11.8 Å². The standard InChI is InChI=1S/C18H21N5O3/c24-16(6-2-9-23-17(25)12-20-18(23)26)19-11-14-4-1-5-15(10-14)13-22-8-3-7-21-22/h1,3-5,7-8,10H,2,6,9,11-13H2,(H,19,24)(H,20,26). The Morgan fingerprint density at radius 2 is 2.08 bits per heavy atom. The van der Waals surface area contributed by atoms with Crippen molar-refractivity contribution in [3.63, 3.8) is 0 Å². The van der Waals surface area contributed by atoms with Gasteiger partial charge in [-0.1, -0.05) is 24.3 Å². The van der Waals surface area contributed by atoms with Crippen LogP contribution in [-0.2, 0) is 22.7 Å². The number of hydrogen-bond acceptors (Lipinski definition) is 4. The molecule has 26 heavy (non-hydrogen) atoms. The third-order valence-electron chi connectivity index (χ3n) is 4.11. The molecule has 0 unspecified atom stereocenters. The Bertz CT molecular complexity index is 772. The largest absolute Gasteiger partial charge is 0.352 e. The number of nitrogens with one attached hydrogen (secondary N) is 2. The van der Waals surface area contributed by atoms with Gasteiger partial charge in [-0.05, 0) is 23.6 Å². The fraction of sp³-hybridized carbons (Fsp3) is 0.333. The van der Waals surface area contributed by atoms with Gasteiger partial charge in [-0.3, -0.25) is 19.2 Å². The predicted molar refractivity (Wildman–Crippen MR) is 94.0 cm³/mol. The molecule has 4 amide bonds. The maximum Gasteiger partial charge on any atom is 0.324 e. The van der Waals surface area contributed by atoms with Gasteiger partial charge in [-0.15, -0.1) is 0 Å². The smallest absolute Gasteiger partial charge is 0.324 e. The number of nitrogens with zero attached hydrogens (tertiary/aromatic N) is 3. The molecule has 0 bridgehead atoms. The summed E-state index contributed by atoms with van der Waals surface area (Å²) in [6, 6.07) is 9.46. The summed E-state index contributed by atoms with van der Waals surface area (Å²) in [5, 5.41) is 9.51. The molecule has 0 spiro atoms. The lowest BCUT2D eigenvalue weighted by atomic mass is 10.1. The first kappa shape index (κ1) is 17.7. The van der Waals surface area contributed by atoms with E-state index in [2.05, 4.69) is 15.7 Å². The van der Waals surface area contributed by atoms with Gasteiger partial charge < -0.3 is 10.6 Å². The number of amides is 4. The lowest BCUT2D eigenvalue weighted by molar-refractivity contribution is -0.126. The first-order valence-electron chi connectivity index (χ1n) is 8.52. The van der Waals surface area contributed by atoms with E-state index in [1.165, 1.54) is 0 Å². The van der Waals surface area contributed by atoms with E-state index in [-0.39, 0.29) is 37.4 Å². The second-order valence-corrected chi connectivity index (χ2v) is 6.11. The Morgan fingerprint density at radius 3 is 2.81 bits per heavy atom. The summed E-state index contributed by atoms with van der Waals surface area (Å²) in [4.78, 5) is 36.0. The molecule has 1 aliphatic rings. The predicted octanol–water partition coefficient (Wildman–Crippen LogP) is 0.880. The Labute approximate surface area is 151 Å². The first-order valence-corrected chi connectivity index (χ1v) is 8.52. The molecule has 0 saturated carbocycles. The Hall–Kier alpha value is -3.16. The van der Waals surface area contributed by atoms with Crippen molar-refractivity contribution in [3.05, 3.63) is 53.9 Å². The minimum Gasteiger partial charge on any atom is -0.352 e. The van der Waals surface area contributed by atoms with E-state index < -0.39 is 0 Å². The van der Waals surface area contributed by atoms with Crippen LogP contribution in [0.4, 0.5) is 4.79 Å². The molecular formula is C18H21N5O3. The van der Waals surface area contributed by atoms with E-state index in [1.54, 1.807) is 6.20 Å². The van der Waals surface area contributed by atoms with Crippen LogP contribution in [0.3, 0.4) is 0 Å². The highest BCUT2D eigenvalue weighted by atomic mass is 16.2. The minimum atomic E-state index is -0.385. The number of imide groups is 1. The van der Waals surface area contributed by atoms with Gasteiger partial charge in [0.05, 0.1) is 13.1 Å². The number of rotatable bonds is 8. The van der Waals surface area contributed by atoms with Crippen LogP contribution < -0.4 is 10.6 Å². The van der Waals surface area contributed by atoms with Gasteiger partial charge in [-0.25, -0.2) is 4.79 Å². The summed E-state index contributed by atoms with van der Waals surface area (Å²) in [6.07, 6.45) is 4.36. The topological polar surface area (TPSA) is 96.3 Å². The monoisotopic (exact) mass is 355 g/mol. The van der Waals surface area contributed by atoms with Gasteiger partial charge >= 0.3 is 6.03 Å². The van der Waals surface area contributed by atoms with E-state index in [0.29, 0.717) is 19.5 Å². The van der Waals surface area contributed by atoms with Crippen LogP contribution >= 0.6 is 0 Å². The summed E-state index contributed by atoms with van der Waals surface area (Å²) in [7, 11) is 0. The van der Waals surface area contributed by atoms with Crippen LogP contribution in [0.5, 0.6) is 0 Å². The SMILES string of the molecule is O=C(CCCN1C(=O)CNC1=O)NCc1cccc(Cn2cccn2)c1. The van der Waals surface area contributed by atoms with E-state index in [1.807, 2.05) is 41.2 Å². The number of urea groups is 1. The molecule has 0 atom stereocenters. The highest BCUT2D eigenvalue weighted by Crippen LogP contribution is 2.07. The maximum absolute atomic E-state index is 12.0. The quantitative estimate of drug-likeness (QED) is 0.687. The second-order valence-electron chi connectivity index (χ2n) is 6.11. The fourth-order valence-electron chi connectivity index (χ4n) is 2.79. The lowest BCUT2D eigenvalue weighted by Crippen LogP contribution is -2.32. The summed E-state index contributed by atoms with van der Waals surface area (Å²) >= 11 is 0. The van der Waals surface area contributed by atoms with Crippen molar-refractivity contribution in [1.29, 1.82) is 0 Å². The molecular weight excluding hydrogens is 334 g/mol. The molecule has 8 heteroatoms. The molecule has 1 aromatic heterocycles. The highest BCUT2D eigenvalue weighted by Gasteiger charge is 2.27. The fourth-order valence-corrected chi connectivity index (χ4v) is 2.79. The number of carbonyl (C=O) groups excluding carboxylic acids is 3. The van der Waals surface area contributed by atoms with Crippen LogP contribution in [0.15, 0.2) is 42.7 Å². The first-order chi connectivity index (χ1) is 12.6. The number of aromatic nitrogens is 2. The van der Waals surface area contributed by atoms with Crippen molar-refractivity contribution < 1.29 is 14.4 Å².